The van der Waals surface area contributed by atoms with Crippen LogP contribution in [0.2, 0.25) is 0 Å². The van der Waals surface area contributed by atoms with E-state index in [9.17, 15) is 0 Å². The molecule has 0 fully saturated rings. The smallest absolute Gasteiger partial charge is 0.231 e. The zero-order valence-electron chi connectivity index (χ0n) is 15.5. The van der Waals surface area contributed by atoms with Gasteiger partial charge in [-0.15, -0.1) is 0 Å². The summed E-state index contributed by atoms with van der Waals surface area (Å²) in [5.41, 5.74) is 3.84. The van der Waals surface area contributed by atoms with E-state index in [2.05, 4.69) is 57.0 Å². The first-order valence-electron chi connectivity index (χ1n) is 8.95. The van der Waals surface area contributed by atoms with Crippen molar-refractivity contribution < 1.29 is 14.2 Å². The molecular weight excluding hydrogens is 314 g/mol. The van der Waals surface area contributed by atoms with Gasteiger partial charge in [0, 0.05) is 7.05 Å². The second kappa shape index (κ2) is 7.68. The molecule has 4 rings (SSSR count). The van der Waals surface area contributed by atoms with Crippen molar-refractivity contribution in [3.63, 3.8) is 0 Å². The quantitative estimate of drug-likeness (QED) is 0.798. The number of hydrogen-bond donors (Lipinski definition) is 0. The number of hydrogen-bond acceptors (Lipinski definition) is 4. The van der Waals surface area contributed by atoms with Gasteiger partial charge in [-0.3, -0.25) is 0 Å². The minimum Gasteiger partial charge on any atom is -0.490 e. The molecule has 2 aliphatic rings. The number of ether oxygens (including phenoxy) is 3. The Bertz CT molecular complexity index is 727. The van der Waals surface area contributed by atoms with Gasteiger partial charge in [0.05, 0.1) is 12.2 Å². The molecule has 4 nitrogen and oxygen atoms in total. The zero-order valence-corrected chi connectivity index (χ0v) is 15.5. The molecule has 25 heavy (non-hydrogen) atoms. The van der Waals surface area contributed by atoms with Crippen LogP contribution in [-0.4, -0.2) is 27.0 Å². The Morgan fingerprint density at radius 2 is 1.76 bits per heavy atom. The molecular formula is C21H27NO3. The van der Waals surface area contributed by atoms with Crippen LogP contribution in [0.1, 0.15) is 37.8 Å². The Kier molecular flexibility index (Phi) is 5.37. The largest absolute Gasteiger partial charge is 0.490 e. The molecule has 2 aromatic rings. The maximum Gasteiger partial charge on any atom is 0.231 e. The number of aryl methyl sites for hydroxylation is 1. The van der Waals surface area contributed by atoms with Gasteiger partial charge in [0.1, 0.15) is 12.4 Å². The maximum absolute atomic E-state index is 5.59. The minimum atomic E-state index is 0.358. The fourth-order valence-electron chi connectivity index (χ4n) is 2.89. The predicted octanol–water partition coefficient (Wildman–Crippen LogP) is 4.62. The van der Waals surface area contributed by atoms with Gasteiger partial charge in [0.2, 0.25) is 6.79 Å². The van der Waals surface area contributed by atoms with Gasteiger partial charge >= 0.3 is 0 Å². The van der Waals surface area contributed by atoms with Gasteiger partial charge in [-0.2, -0.15) is 0 Å². The van der Waals surface area contributed by atoms with Crippen molar-refractivity contribution >= 4 is 5.69 Å². The first-order valence-corrected chi connectivity index (χ1v) is 8.95. The number of nitrogens with zero attached hydrogens (tertiary/aromatic N) is 1. The molecule has 0 bridgehead atoms. The predicted molar refractivity (Wildman–Crippen MR) is 101 cm³/mol. The Hall–Kier alpha value is -2.36. The van der Waals surface area contributed by atoms with Crippen molar-refractivity contribution in [3.8, 4) is 17.2 Å². The van der Waals surface area contributed by atoms with Crippen LogP contribution in [0.5, 0.6) is 17.2 Å². The van der Waals surface area contributed by atoms with Gasteiger partial charge in [-0.1, -0.05) is 32.9 Å². The van der Waals surface area contributed by atoms with Gasteiger partial charge < -0.3 is 19.1 Å². The lowest BCUT2D eigenvalue weighted by Gasteiger charge is -2.27. The van der Waals surface area contributed by atoms with Crippen LogP contribution < -0.4 is 19.1 Å². The first kappa shape index (κ1) is 17.5. The molecule has 0 radical (unpaired) electrons. The highest BCUT2D eigenvalue weighted by atomic mass is 16.7. The monoisotopic (exact) mass is 341 g/mol. The molecule has 0 aliphatic carbocycles. The first-order chi connectivity index (χ1) is 12.1. The molecule has 2 aromatic carbocycles. The molecule has 4 heteroatoms. The Labute approximate surface area is 150 Å². The maximum atomic E-state index is 5.59. The van der Waals surface area contributed by atoms with E-state index in [1.54, 1.807) is 0 Å². The second-order valence-corrected chi connectivity index (χ2v) is 6.69. The van der Waals surface area contributed by atoms with Crippen molar-refractivity contribution in [1.29, 1.82) is 0 Å². The van der Waals surface area contributed by atoms with Crippen LogP contribution >= 0.6 is 0 Å². The van der Waals surface area contributed by atoms with Crippen LogP contribution in [0.25, 0.3) is 0 Å². The summed E-state index contributed by atoms with van der Waals surface area (Å²) in [5.74, 6) is 3.31. The van der Waals surface area contributed by atoms with Crippen LogP contribution in [0.3, 0.4) is 0 Å². The zero-order chi connectivity index (χ0) is 17.8. The van der Waals surface area contributed by atoms with E-state index < -0.39 is 0 Å². The highest BCUT2D eigenvalue weighted by molar-refractivity contribution is 5.60. The van der Waals surface area contributed by atoms with Crippen molar-refractivity contribution in [2.45, 2.75) is 33.1 Å². The third kappa shape index (κ3) is 4.01. The lowest BCUT2D eigenvalue weighted by atomic mass is 10.0. The van der Waals surface area contributed by atoms with Crippen molar-refractivity contribution in [2.24, 2.45) is 0 Å². The summed E-state index contributed by atoms with van der Waals surface area (Å²) in [6.07, 6.45) is 1.07. The van der Waals surface area contributed by atoms with E-state index in [4.69, 9.17) is 14.2 Å². The number of fused-ring (bicyclic) bond motifs is 2. The number of anilines is 1. The molecule has 0 N–H and O–H groups in total. The number of benzene rings is 2. The van der Waals surface area contributed by atoms with E-state index in [1.165, 1.54) is 16.8 Å². The van der Waals surface area contributed by atoms with Crippen LogP contribution in [0.15, 0.2) is 36.4 Å². The van der Waals surface area contributed by atoms with Gasteiger partial charge in [-0.25, -0.2) is 0 Å². The van der Waals surface area contributed by atoms with Crippen molar-refractivity contribution in [1.82, 2.24) is 0 Å². The standard InChI is InChI=1S/C11H15NO.C10H12O2/c1-3-9-4-5-10-11(8-9)13-7-6-12(10)2;1-7(2)8-3-4-9-10(5-8)12-6-11-9/h4-5,8H,3,6-7H2,1-2H3;3-5,7H,6H2,1-2H3. The van der Waals surface area contributed by atoms with Crippen molar-refractivity contribution in [2.75, 3.05) is 31.9 Å². The highest BCUT2D eigenvalue weighted by Crippen LogP contribution is 2.34. The second-order valence-electron chi connectivity index (χ2n) is 6.69. The summed E-state index contributed by atoms with van der Waals surface area (Å²) >= 11 is 0. The average molecular weight is 341 g/mol. The van der Waals surface area contributed by atoms with Crippen LogP contribution in [0.4, 0.5) is 5.69 Å². The molecule has 2 heterocycles. The van der Waals surface area contributed by atoms with Crippen molar-refractivity contribution in [3.05, 3.63) is 47.5 Å². The molecule has 0 amide bonds. The average Bonchev–Trinajstić information content (AvgIpc) is 3.10. The summed E-state index contributed by atoms with van der Waals surface area (Å²) in [5, 5.41) is 0. The van der Waals surface area contributed by atoms with E-state index in [-0.39, 0.29) is 0 Å². The van der Waals surface area contributed by atoms with Gasteiger partial charge in [0.25, 0.3) is 0 Å². The third-order valence-electron chi connectivity index (χ3n) is 4.59. The normalized spacial score (nSPS) is 14.5. The summed E-state index contributed by atoms with van der Waals surface area (Å²) < 4.78 is 16.1. The molecule has 0 saturated carbocycles. The molecule has 0 spiro atoms. The fraction of sp³-hybridized carbons (Fsp3) is 0.429. The topological polar surface area (TPSA) is 30.9 Å². The number of likely N-dealkylation sites (N-methyl/N-ethyl adjacent to an activating group) is 1. The number of rotatable bonds is 2. The van der Waals surface area contributed by atoms with E-state index in [0.717, 1.165) is 36.8 Å². The van der Waals surface area contributed by atoms with E-state index >= 15 is 0 Å². The van der Waals surface area contributed by atoms with Crippen LogP contribution in [-0.2, 0) is 6.42 Å². The molecule has 0 aromatic heterocycles. The van der Waals surface area contributed by atoms with Gasteiger partial charge in [0.15, 0.2) is 11.5 Å². The van der Waals surface area contributed by atoms with E-state index in [0.29, 0.717) is 12.7 Å². The molecule has 0 unspecified atom stereocenters. The summed E-state index contributed by atoms with van der Waals surface area (Å²) in [7, 11) is 2.10. The molecule has 0 saturated heterocycles. The summed E-state index contributed by atoms with van der Waals surface area (Å²) in [4.78, 5) is 2.23. The molecule has 0 atom stereocenters. The highest BCUT2D eigenvalue weighted by Gasteiger charge is 2.14. The summed E-state index contributed by atoms with van der Waals surface area (Å²) in [6, 6.07) is 12.6. The summed E-state index contributed by atoms with van der Waals surface area (Å²) in [6.45, 7) is 8.63. The van der Waals surface area contributed by atoms with E-state index in [1.807, 2.05) is 12.1 Å². The van der Waals surface area contributed by atoms with Gasteiger partial charge in [-0.05, 0) is 47.7 Å². The Balaban J connectivity index is 0.000000146. The third-order valence-corrected chi connectivity index (χ3v) is 4.59. The Morgan fingerprint density at radius 1 is 0.960 bits per heavy atom. The molecule has 134 valence electrons. The Morgan fingerprint density at radius 3 is 2.52 bits per heavy atom. The molecule has 2 aliphatic heterocycles. The lowest BCUT2D eigenvalue weighted by molar-refractivity contribution is 0.174. The van der Waals surface area contributed by atoms with Crippen LogP contribution in [0, 0.1) is 0 Å². The lowest BCUT2D eigenvalue weighted by Crippen LogP contribution is -2.28. The fourth-order valence-corrected chi connectivity index (χ4v) is 2.89. The SMILES string of the molecule is CC(C)c1ccc2c(c1)OCO2.CCc1ccc2c(c1)OCCN2C. The minimum absolute atomic E-state index is 0.358.